The molecular weight excluding hydrogens is 300 g/mol. The zero-order valence-electron chi connectivity index (χ0n) is 10.6. The molecule has 0 aromatic heterocycles. The highest BCUT2D eigenvalue weighted by atomic mass is 79.9. The van der Waals surface area contributed by atoms with E-state index < -0.39 is 4.92 Å². The Kier molecular flexibility index (Phi) is 5.55. The van der Waals surface area contributed by atoms with Crippen LogP contribution in [0.15, 0.2) is 22.7 Å². The molecule has 0 aliphatic carbocycles. The van der Waals surface area contributed by atoms with Gasteiger partial charge in [0.15, 0.2) is 0 Å². The standard InChI is InChI=1S/C12H17BrN2O3/c1-8(2)18-7-9(3)14-11-6-10(13)4-5-12(11)15(16)17/h4-6,8-9,14H,7H2,1-3H3/t9-/m1/s1. The van der Waals surface area contributed by atoms with Crippen molar-refractivity contribution < 1.29 is 9.66 Å². The van der Waals surface area contributed by atoms with Gasteiger partial charge in [0.05, 0.1) is 17.6 Å². The summed E-state index contributed by atoms with van der Waals surface area (Å²) in [4.78, 5) is 10.5. The monoisotopic (exact) mass is 316 g/mol. The average Bonchev–Trinajstić information content (AvgIpc) is 2.26. The van der Waals surface area contributed by atoms with Crippen LogP contribution in [0.3, 0.4) is 0 Å². The molecule has 18 heavy (non-hydrogen) atoms. The van der Waals surface area contributed by atoms with E-state index in [9.17, 15) is 10.1 Å². The number of nitrogens with one attached hydrogen (secondary N) is 1. The summed E-state index contributed by atoms with van der Waals surface area (Å²) >= 11 is 3.30. The Balaban J connectivity index is 2.76. The molecule has 0 unspecified atom stereocenters. The molecular formula is C12H17BrN2O3. The second-order valence-corrected chi connectivity index (χ2v) is 5.26. The van der Waals surface area contributed by atoms with Gasteiger partial charge in [0, 0.05) is 16.6 Å². The van der Waals surface area contributed by atoms with Gasteiger partial charge in [-0.2, -0.15) is 0 Å². The van der Waals surface area contributed by atoms with E-state index in [1.165, 1.54) is 6.07 Å². The Morgan fingerprint density at radius 3 is 2.67 bits per heavy atom. The summed E-state index contributed by atoms with van der Waals surface area (Å²) in [6.07, 6.45) is 0.145. The van der Waals surface area contributed by atoms with Gasteiger partial charge in [0.2, 0.25) is 0 Å². The van der Waals surface area contributed by atoms with E-state index in [2.05, 4.69) is 21.2 Å². The van der Waals surface area contributed by atoms with Gasteiger partial charge in [-0.25, -0.2) is 0 Å². The lowest BCUT2D eigenvalue weighted by atomic mass is 10.2. The van der Waals surface area contributed by atoms with Crippen LogP contribution >= 0.6 is 15.9 Å². The summed E-state index contributed by atoms with van der Waals surface area (Å²) in [5, 5.41) is 14.0. The third kappa shape index (κ3) is 4.62. The first-order valence-corrected chi connectivity index (χ1v) is 6.51. The van der Waals surface area contributed by atoms with Crippen LogP contribution in [0.2, 0.25) is 0 Å². The number of rotatable bonds is 6. The lowest BCUT2D eigenvalue weighted by Crippen LogP contribution is -2.24. The molecule has 100 valence electrons. The van der Waals surface area contributed by atoms with Crippen LogP contribution in [0, 0.1) is 10.1 Å². The van der Waals surface area contributed by atoms with E-state index in [1.807, 2.05) is 20.8 Å². The van der Waals surface area contributed by atoms with Crippen molar-refractivity contribution in [3.63, 3.8) is 0 Å². The van der Waals surface area contributed by atoms with Crippen molar-refractivity contribution in [3.05, 3.63) is 32.8 Å². The van der Waals surface area contributed by atoms with E-state index in [0.29, 0.717) is 12.3 Å². The van der Waals surface area contributed by atoms with Crippen LogP contribution in [0.1, 0.15) is 20.8 Å². The molecule has 1 N–H and O–H groups in total. The third-order valence-corrected chi connectivity index (χ3v) is 2.73. The van der Waals surface area contributed by atoms with Crippen LogP contribution in [0.4, 0.5) is 11.4 Å². The van der Waals surface area contributed by atoms with Gasteiger partial charge in [0.1, 0.15) is 5.69 Å². The Hall–Kier alpha value is -1.14. The molecule has 0 saturated carbocycles. The summed E-state index contributed by atoms with van der Waals surface area (Å²) in [5.74, 6) is 0. The molecule has 0 saturated heterocycles. The molecule has 0 amide bonds. The molecule has 1 rings (SSSR count). The largest absolute Gasteiger partial charge is 0.377 e. The number of nitro groups is 1. The van der Waals surface area contributed by atoms with Gasteiger partial charge in [-0.05, 0) is 32.9 Å². The fourth-order valence-corrected chi connectivity index (χ4v) is 1.79. The summed E-state index contributed by atoms with van der Waals surface area (Å²) in [7, 11) is 0. The molecule has 5 nitrogen and oxygen atoms in total. The molecule has 0 aliphatic rings. The molecule has 0 heterocycles. The summed E-state index contributed by atoms with van der Waals surface area (Å²) < 4.78 is 6.26. The van der Waals surface area contributed by atoms with E-state index in [0.717, 1.165) is 4.47 Å². The Morgan fingerprint density at radius 1 is 1.44 bits per heavy atom. The summed E-state index contributed by atoms with van der Waals surface area (Å²) in [5.41, 5.74) is 0.559. The van der Waals surface area contributed by atoms with Crippen LogP contribution in [-0.2, 0) is 4.74 Å². The topological polar surface area (TPSA) is 64.4 Å². The third-order valence-electron chi connectivity index (χ3n) is 2.24. The highest BCUT2D eigenvalue weighted by molar-refractivity contribution is 9.10. The first kappa shape index (κ1) is 14.9. The maximum absolute atomic E-state index is 10.9. The number of anilines is 1. The van der Waals surface area contributed by atoms with Crippen molar-refractivity contribution in [1.82, 2.24) is 0 Å². The smallest absolute Gasteiger partial charge is 0.292 e. The minimum atomic E-state index is -0.398. The zero-order valence-corrected chi connectivity index (χ0v) is 12.2. The minimum absolute atomic E-state index is 0.000370. The van der Waals surface area contributed by atoms with Gasteiger partial charge in [-0.15, -0.1) is 0 Å². The van der Waals surface area contributed by atoms with Crippen molar-refractivity contribution in [2.45, 2.75) is 32.9 Å². The molecule has 1 aromatic carbocycles. The molecule has 0 spiro atoms. The fourth-order valence-electron chi connectivity index (χ4n) is 1.43. The van der Waals surface area contributed by atoms with Crippen LogP contribution < -0.4 is 5.32 Å². The number of halogens is 1. The van der Waals surface area contributed by atoms with E-state index in [1.54, 1.807) is 12.1 Å². The Morgan fingerprint density at radius 2 is 2.11 bits per heavy atom. The molecule has 6 heteroatoms. The molecule has 1 atom stereocenters. The van der Waals surface area contributed by atoms with Crippen LogP contribution in [0.25, 0.3) is 0 Å². The number of hydrogen-bond donors (Lipinski definition) is 1. The molecule has 0 fully saturated rings. The lowest BCUT2D eigenvalue weighted by molar-refractivity contribution is -0.384. The SMILES string of the molecule is CC(C)OC[C@@H](C)Nc1cc(Br)ccc1[N+](=O)[O-]. The summed E-state index contributed by atoms with van der Waals surface area (Å²) in [6, 6.07) is 4.82. The van der Waals surface area contributed by atoms with E-state index >= 15 is 0 Å². The van der Waals surface area contributed by atoms with Crippen LogP contribution in [-0.4, -0.2) is 23.7 Å². The normalized spacial score (nSPS) is 12.5. The predicted molar refractivity (Wildman–Crippen MR) is 75.0 cm³/mol. The highest BCUT2D eigenvalue weighted by Gasteiger charge is 2.15. The van der Waals surface area contributed by atoms with Gasteiger partial charge in [-0.1, -0.05) is 15.9 Å². The highest BCUT2D eigenvalue weighted by Crippen LogP contribution is 2.28. The maximum atomic E-state index is 10.9. The van der Waals surface area contributed by atoms with E-state index in [4.69, 9.17) is 4.74 Å². The van der Waals surface area contributed by atoms with Crippen molar-refractivity contribution in [2.75, 3.05) is 11.9 Å². The quantitative estimate of drug-likeness (QED) is 0.643. The zero-order chi connectivity index (χ0) is 13.7. The number of nitro benzene ring substituents is 1. The second-order valence-electron chi connectivity index (χ2n) is 4.35. The van der Waals surface area contributed by atoms with Gasteiger partial charge < -0.3 is 10.1 Å². The lowest BCUT2D eigenvalue weighted by Gasteiger charge is -2.17. The molecule has 0 aliphatic heterocycles. The predicted octanol–water partition coefficient (Wildman–Crippen LogP) is 3.58. The molecule has 0 radical (unpaired) electrons. The summed E-state index contributed by atoms with van der Waals surface area (Å²) in [6.45, 7) is 6.33. The van der Waals surface area contributed by atoms with Crippen molar-refractivity contribution in [3.8, 4) is 0 Å². The number of ether oxygens (including phenoxy) is 1. The van der Waals surface area contributed by atoms with Crippen molar-refractivity contribution in [1.29, 1.82) is 0 Å². The fraction of sp³-hybridized carbons (Fsp3) is 0.500. The Labute approximate surface area is 115 Å². The van der Waals surface area contributed by atoms with E-state index in [-0.39, 0.29) is 17.8 Å². The average molecular weight is 317 g/mol. The van der Waals surface area contributed by atoms with Gasteiger partial charge in [0.25, 0.3) is 5.69 Å². The first-order valence-electron chi connectivity index (χ1n) is 5.72. The van der Waals surface area contributed by atoms with Crippen molar-refractivity contribution >= 4 is 27.3 Å². The first-order chi connectivity index (χ1) is 8.40. The van der Waals surface area contributed by atoms with Crippen LogP contribution in [0.5, 0.6) is 0 Å². The number of hydrogen-bond acceptors (Lipinski definition) is 4. The van der Waals surface area contributed by atoms with Crippen molar-refractivity contribution in [2.24, 2.45) is 0 Å². The van der Waals surface area contributed by atoms with Gasteiger partial charge >= 0.3 is 0 Å². The molecule has 1 aromatic rings. The minimum Gasteiger partial charge on any atom is -0.377 e. The number of benzene rings is 1. The maximum Gasteiger partial charge on any atom is 0.292 e. The number of nitrogens with zero attached hydrogens (tertiary/aromatic N) is 1. The second kappa shape index (κ2) is 6.70. The molecule has 0 bridgehead atoms. The van der Waals surface area contributed by atoms with Gasteiger partial charge in [-0.3, -0.25) is 10.1 Å². The Bertz CT molecular complexity index is 424.